The Balaban J connectivity index is 2.10. The minimum Gasteiger partial charge on any atom is -0.347 e. The van der Waals surface area contributed by atoms with Crippen LogP contribution in [0.5, 0.6) is 0 Å². The average molecular weight is 275 g/mol. The Morgan fingerprint density at radius 2 is 1.76 bits per heavy atom. The van der Waals surface area contributed by atoms with E-state index >= 15 is 0 Å². The van der Waals surface area contributed by atoms with Crippen LogP contribution in [0, 0.1) is 0 Å². The van der Waals surface area contributed by atoms with Gasteiger partial charge in [0.05, 0.1) is 5.56 Å². The smallest absolute Gasteiger partial charge is 0.195 e. The van der Waals surface area contributed by atoms with Gasteiger partial charge in [0.25, 0.3) is 0 Å². The number of rotatable bonds is 0. The molecular weight excluding hydrogens is 258 g/mol. The van der Waals surface area contributed by atoms with Crippen molar-refractivity contribution in [1.29, 1.82) is 0 Å². The number of aryl methyl sites for hydroxylation is 1. The molecule has 0 bridgehead atoms. The summed E-state index contributed by atoms with van der Waals surface area (Å²) in [5, 5.41) is 1.07. The molecule has 0 aliphatic heterocycles. The Morgan fingerprint density at radius 3 is 2.62 bits per heavy atom. The highest BCUT2D eigenvalue weighted by atomic mass is 16.1. The van der Waals surface area contributed by atoms with Crippen LogP contribution in [0.1, 0.15) is 40.0 Å². The summed E-state index contributed by atoms with van der Waals surface area (Å²) in [7, 11) is 2.07. The van der Waals surface area contributed by atoms with E-state index in [0.29, 0.717) is 5.92 Å². The van der Waals surface area contributed by atoms with E-state index in [-0.39, 0.29) is 5.78 Å². The van der Waals surface area contributed by atoms with Crippen LogP contribution in [-0.2, 0) is 13.5 Å². The summed E-state index contributed by atoms with van der Waals surface area (Å²) < 4.78 is 2.19. The molecule has 104 valence electrons. The zero-order valence-corrected chi connectivity index (χ0v) is 12.3. The van der Waals surface area contributed by atoms with Crippen LogP contribution in [0.3, 0.4) is 0 Å². The molecule has 0 amide bonds. The molecule has 21 heavy (non-hydrogen) atoms. The fraction of sp³-hybridized carbons (Fsp3) is 0.211. The Morgan fingerprint density at radius 1 is 1.05 bits per heavy atom. The van der Waals surface area contributed by atoms with Gasteiger partial charge in [-0.05, 0) is 24.0 Å². The van der Waals surface area contributed by atoms with Gasteiger partial charge in [-0.25, -0.2) is 0 Å². The molecule has 0 saturated carbocycles. The van der Waals surface area contributed by atoms with Crippen molar-refractivity contribution in [3.05, 3.63) is 70.9 Å². The molecule has 3 aromatic rings. The van der Waals surface area contributed by atoms with Crippen molar-refractivity contribution >= 4 is 16.7 Å². The first-order valence-electron chi connectivity index (χ1n) is 7.38. The highest BCUT2D eigenvalue weighted by Crippen LogP contribution is 2.36. The van der Waals surface area contributed by atoms with Gasteiger partial charge in [-0.3, -0.25) is 4.79 Å². The molecule has 1 heterocycles. The van der Waals surface area contributed by atoms with E-state index in [9.17, 15) is 4.79 Å². The molecular formula is C19H17NO. The molecule has 0 N–H and O–H groups in total. The van der Waals surface area contributed by atoms with Crippen LogP contribution >= 0.6 is 0 Å². The van der Waals surface area contributed by atoms with Crippen LogP contribution in [-0.4, -0.2) is 10.4 Å². The number of nitrogens with zero attached hydrogens (tertiary/aromatic N) is 1. The van der Waals surface area contributed by atoms with Crippen molar-refractivity contribution in [2.24, 2.45) is 7.05 Å². The number of ketones is 1. The third-order valence-electron chi connectivity index (χ3n) is 4.69. The molecule has 0 saturated heterocycles. The topological polar surface area (TPSA) is 22.0 Å². The predicted octanol–water partition coefficient (Wildman–Crippen LogP) is 4.07. The van der Waals surface area contributed by atoms with Gasteiger partial charge in [0.2, 0.25) is 0 Å². The van der Waals surface area contributed by atoms with E-state index in [1.165, 1.54) is 5.56 Å². The van der Waals surface area contributed by atoms with Crippen molar-refractivity contribution in [3.63, 3.8) is 0 Å². The summed E-state index contributed by atoms with van der Waals surface area (Å²) in [6.45, 7) is 2.21. The van der Waals surface area contributed by atoms with Crippen LogP contribution in [0.15, 0.2) is 48.5 Å². The van der Waals surface area contributed by atoms with Gasteiger partial charge in [-0.15, -0.1) is 0 Å². The molecule has 2 heteroatoms. The molecule has 1 aliphatic rings. The predicted molar refractivity (Wildman–Crippen MR) is 84.9 cm³/mol. The lowest BCUT2D eigenvalue weighted by molar-refractivity contribution is 0.103. The van der Waals surface area contributed by atoms with Gasteiger partial charge in [0.1, 0.15) is 0 Å². The second-order valence-corrected chi connectivity index (χ2v) is 5.92. The third-order valence-corrected chi connectivity index (χ3v) is 4.69. The summed E-state index contributed by atoms with van der Waals surface area (Å²) >= 11 is 0. The number of carbonyl (C=O) groups is 1. The molecule has 1 atom stereocenters. The molecule has 1 aromatic heterocycles. The third kappa shape index (κ3) is 1.62. The minimum absolute atomic E-state index is 0.168. The maximum absolute atomic E-state index is 13.1. The van der Waals surface area contributed by atoms with Crippen LogP contribution in [0.2, 0.25) is 0 Å². The summed E-state index contributed by atoms with van der Waals surface area (Å²) in [6.07, 6.45) is 0.906. The zero-order valence-electron chi connectivity index (χ0n) is 12.3. The van der Waals surface area contributed by atoms with Crippen molar-refractivity contribution in [3.8, 4) is 0 Å². The Hall–Kier alpha value is -2.35. The van der Waals surface area contributed by atoms with E-state index in [1.807, 2.05) is 30.3 Å². The number of benzene rings is 2. The van der Waals surface area contributed by atoms with E-state index in [2.05, 4.69) is 36.7 Å². The normalized spacial score (nSPS) is 17.4. The largest absolute Gasteiger partial charge is 0.347 e. The number of hydrogen-bond acceptors (Lipinski definition) is 1. The number of hydrogen-bond donors (Lipinski definition) is 0. The fourth-order valence-corrected chi connectivity index (χ4v) is 3.61. The lowest BCUT2D eigenvalue weighted by Crippen LogP contribution is -2.03. The van der Waals surface area contributed by atoms with Crippen molar-refractivity contribution in [1.82, 2.24) is 4.57 Å². The van der Waals surface area contributed by atoms with Gasteiger partial charge in [0, 0.05) is 29.2 Å². The number of fused-ring (bicyclic) bond motifs is 4. The summed E-state index contributed by atoms with van der Waals surface area (Å²) in [6, 6.07) is 16.2. The highest BCUT2D eigenvalue weighted by molar-refractivity contribution is 6.18. The monoisotopic (exact) mass is 275 g/mol. The van der Waals surface area contributed by atoms with Crippen LogP contribution in [0.25, 0.3) is 10.9 Å². The fourth-order valence-electron chi connectivity index (χ4n) is 3.61. The Labute approximate surface area is 124 Å². The quantitative estimate of drug-likeness (QED) is 0.606. The van der Waals surface area contributed by atoms with Gasteiger partial charge >= 0.3 is 0 Å². The second kappa shape index (κ2) is 4.32. The molecule has 0 radical (unpaired) electrons. The maximum Gasteiger partial charge on any atom is 0.195 e. The second-order valence-electron chi connectivity index (χ2n) is 5.92. The van der Waals surface area contributed by atoms with E-state index in [1.54, 1.807) is 0 Å². The Kier molecular flexibility index (Phi) is 2.55. The van der Waals surface area contributed by atoms with E-state index < -0.39 is 0 Å². The molecule has 0 spiro atoms. The van der Waals surface area contributed by atoms with E-state index in [4.69, 9.17) is 0 Å². The van der Waals surface area contributed by atoms with Gasteiger partial charge < -0.3 is 4.57 Å². The minimum atomic E-state index is 0.168. The maximum atomic E-state index is 13.1. The van der Waals surface area contributed by atoms with E-state index in [0.717, 1.165) is 34.1 Å². The van der Waals surface area contributed by atoms with Crippen molar-refractivity contribution in [2.45, 2.75) is 19.3 Å². The molecule has 2 nitrogen and oxygen atoms in total. The first kappa shape index (κ1) is 12.4. The number of aromatic nitrogens is 1. The first-order chi connectivity index (χ1) is 10.2. The zero-order chi connectivity index (χ0) is 14.6. The summed E-state index contributed by atoms with van der Waals surface area (Å²) in [5.74, 6) is 0.524. The van der Waals surface area contributed by atoms with Gasteiger partial charge in [-0.2, -0.15) is 0 Å². The van der Waals surface area contributed by atoms with Gasteiger partial charge in [-0.1, -0.05) is 49.4 Å². The van der Waals surface area contributed by atoms with Gasteiger partial charge in [0.15, 0.2) is 5.78 Å². The lowest BCUT2D eigenvalue weighted by Gasteiger charge is -2.12. The molecule has 1 unspecified atom stereocenters. The molecule has 0 fully saturated rings. The molecule has 4 rings (SSSR count). The SMILES string of the molecule is CC1Cc2c(c3ccccc3n2C)C(=O)c2ccccc21. The summed E-state index contributed by atoms with van der Waals surface area (Å²) in [4.78, 5) is 13.1. The Bertz CT molecular complexity index is 872. The van der Waals surface area contributed by atoms with Crippen molar-refractivity contribution < 1.29 is 4.79 Å². The standard InChI is InChI=1S/C19H17NO/c1-12-11-17-18(15-9-5-6-10-16(15)20(17)2)19(21)14-8-4-3-7-13(12)14/h3-10,12H,11H2,1-2H3. The molecule has 1 aliphatic carbocycles. The van der Waals surface area contributed by atoms with Crippen molar-refractivity contribution in [2.75, 3.05) is 0 Å². The van der Waals surface area contributed by atoms with Crippen LogP contribution in [0.4, 0.5) is 0 Å². The number of carbonyl (C=O) groups excluding carboxylic acids is 1. The summed E-state index contributed by atoms with van der Waals surface area (Å²) in [5.41, 5.74) is 5.22. The first-order valence-corrected chi connectivity index (χ1v) is 7.38. The molecule has 2 aromatic carbocycles. The number of para-hydroxylation sites is 1. The highest BCUT2D eigenvalue weighted by Gasteiger charge is 2.29. The lowest BCUT2D eigenvalue weighted by atomic mass is 9.93. The van der Waals surface area contributed by atoms with Crippen LogP contribution < -0.4 is 0 Å². The average Bonchev–Trinajstić information content (AvgIpc) is 2.73.